The van der Waals surface area contributed by atoms with Crippen molar-refractivity contribution in [3.8, 4) is 0 Å². The lowest BCUT2D eigenvalue weighted by atomic mass is 9.97. The molecule has 9 nitrogen and oxygen atoms in total. The SMILES string of the molecule is CCN(CC)C(=O)c1ccc(NCC2CCN(C(=O)OC(C)(C)C)CC2)c([N+](=O)[O-])c1. The molecule has 0 aliphatic carbocycles. The Labute approximate surface area is 183 Å². The van der Waals surface area contributed by atoms with Gasteiger partial charge in [-0.05, 0) is 65.5 Å². The van der Waals surface area contributed by atoms with Crippen molar-refractivity contribution in [2.24, 2.45) is 5.92 Å². The average Bonchev–Trinajstić information content (AvgIpc) is 2.72. The summed E-state index contributed by atoms with van der Waals surface area (Å²) in [5, 5.41) is 14.7. The molecular formula is C22H34N4O5. The molecule has 0 bridgehead atoms. The lowest BCUT2D eigenvalue weighted by molar-refractivity contribution is -0.384. The van der Waals surface area contributed by atoms with E-state index in [1.165, 1.54) is 6.07 Å². The number of ether oxygens (including phenoxy) is 1. The Morgan fingerprint density at radius 1 is 1.23 bits per heavy atom. The first kappa shape index (κ1) is 24.4. The van der Waals surface area contributed by atoms with Gasteiger partial charge >= 0.3 is 6.09 Å². The number of carbonyl (C=O) groups excluding carboxylic acids is 2. The molecule has 2 amide bonds. The van der Waals surface area contributed by atoms with Crippen molar-refractivity contribution >= 4 is 23.4 Å². The number of hydrogen-bond donors (Lipinski definition) is 1. The molecule has 1 aromatic carbocycles. The molecule has 1 fully saturated rings. The van der Waals surface area contributed by atoms with Crippen LogP contribution in [0.2, 0.25) is 0 Å². The van der Waals surface area contributed by atoms with Gasteiger partial charge in [-0.15, -0.1) is 0 Å². The smallest absolute Gasteiger partial charge is 0.410 e. The van der Waals surface area contributed by atoms with E-state index in [1.54, 1.807) is 21.9 Å². The van der Waals surface area contributed by atoms with Crippen LogP contribution in [0.5, 0.6) is 0 Å². The van der Waals surface area contributed by atoms with Crippen molar-refractivity contribution in [3.63, 3.8) is 0 Å². The van der Waals surface area contributed by atoms with E-state index in [9.17, 15) is 19.7 Å². The summed E-state index contributed by atoms with van der Waals surface area (Å²) in [4.78, 5) is 39.1. The topological polar surface area (TPSA) is 105 Å². The highest BCUT2D eigenvalue weighted by Crippen LogP contribution is 2.28. The number of hydrogen-bond acceptors (Lipinski definition) is 6. The highest BCUT2D eigenvalue weighted by atomic mass is 16.6. The van der Waals surface area contributed by atoms with E-state index in [2.05, 4.69) is 5.32 Å². The molecule has 1 N–H and O–H groups in total. The van der Waals surface area contributed by atoms with Crippen molar-refractivity contribution in [3.05, 3.63) is 33.9 Å². The second-order valence-electron chi connectivity index (χ2n) is 8.76. The lowest BCUT2D eigenvalue weighted by Gasteiger charge is -2.33. The first-order valence-corrected chi connectivity index (χ1v) is 10.8. The molecule has 0 radical (unpaired) electrons. The van der Waals surface area contributed by atoms with Crippen LogP contribution in [0.3, 0.4) is 0 Å². The van der Waals surface area contributed by atoms with E-state index in [0.717, 1.165) is 12.8 Å². The largest absolute Gasteiger partial charge is 0.444 e. The van der Waals surface area contributed by atoms with E-state index >= 15 is 0 Å². The summed E-state index contributed by atoms with van der Waals surface area (Å²) in [6, 6.07) is 4.57. The zero-order valence-electron chi connectivity index (χ0n) is 19.1. The standard InChI is InChI=1S/C22H34N4O5/c1-6-24(7-2)20(27)17-8-9-18(19(14-17)26(29)30)23-15-16-10-12-25(13-11-16)21(28)31-22(3,4)5/h8-9,14,16,23H,6-7,10-13,15H2,1-5H3. The van der Waals surface area contributed by atoms with Crippen molar-refractivity contribution in [1.29, 1.82) is 0 Å². The van der Waals surface area contributed by atoms with Crippen LogP contribution in [0.4, 0.5) is 16.2 Å². The summed E-state index contributed by atoms with van der Waals surface area (Å²) in [6.07, 6.45) is 1.28. The Hall–Kier alpha value is -2.84. The molecular weight excluding hydrogens is 400 g/mol. The molecule has 0 aromatic heterocycles. The molecule has 1 aliphatic heterocycles. The van der Waals surface area contributed by atoms with Gasteiger partial charge in [0, 0.05) is 44.4 Å². The maximum absolute atomic E-state index is 12.5. The Morgan fingerprint density at radius 2 is 1.84 bits per heavy atom. The van der Waals surface area contributed by atoms with Gasteiger partial charge in [-0.25, -0.2) is 4.79 Å². The van der Waals surface area contributed by atoms with Crippen molar-refractivity contribution in [1.82, 2.24) is 9.80 Å². The first-order chi connectivity index (χ1) is 14.6. The van der Waals surface area contributed by atoms with Crippen LogP contribution in [0, 0.1) is 16.0 Å². The van der Waals surface area contributed by atoms with E-state index in [-0.39, 0.29) is 23.6 Å². The predicted molar refractivity (Wildman–Crippen MR) is 119 cm³/mol. The van der Waals surface area contributed by atoms with Crippen LogP contribution in [-0.4, -0.2) is 65.0 Å². The summed E-state index contributed by atoms with van der Waals surface area (Å²) in [5.74, 6) is 0.0736. The van der Waals surface area contributed by atoms with Crippen LogP contribution < -0.4 is 5.32 Å². The number of nitro groups is 1. The molecule has 172 valence electrons. The normalized spacial score (nSPS) is 14.8. The van der Waals surface area contributed by atoms with Crippen LogP contribution in [0.25, 0.3) is 0 Å². The number of nitrogens with one attached hydrogen (secondary N) is 1. The third kappa shape index (κ3) is 6.83. The quantitative estimate of drug-likeness (QED) is 0.511. The van der Waals surface area contributed by atoms with Gasteiger partial charge in [0.1, 0.15) is 11.3 Å². The molecule has 0 atom stereocenters. The summed E-state index contributed by atoms with van der Waals surface area (Å²) in [5.41, 5.74) is 0.0826. The lowest BCUT2D eigenvalue weighted by Crippen LogP contribution is -2.42. The molecule has 2 rings (SSSR count). The second-order valence-corrected chi connectivity index (χ2v) is 8.76. The highest BCUT2D eigenvalue weighted by molar-refractivity contribution is 5.95. The average molecular weight is 435 g/mol. The van der Waals surface area contributed by atoms with Gasteiger partial charge in [0.2, 0.25) is 0 Å². The number of rotatable bonds is 7. The number of anilines is 1. The van der Waals surface area contributed by atoms with Crippen LogP contribution in [0.15, 0.2) is 18.2 Å². The number of amides is 2. The number of nitrogens with zero attached hydrogens (tertiary/aromatic N) is 3. The summed E-state index contributed by atoms with van der Waals surface area (Å²) < 4.78 is 5.41. The fourth-order valence-electron chi connectivity index (χ4n) is 3.56. The van der Waals surface area contributed by atoms with Crippen molar-refractivity contribution < 1.29 is 19.2 Å². The van der Waals surface area contributed by atoms with E-state index < -0.39 is 10.5 Å². The molecule has 1 saturated heterocycles. The number of likely N-dealkylation sites (tertiary alicyclic amines) is 1. The Balaban J connectivity index is 1.97. The van der Waals surface area contributed by atoms with Gasteiger partial charge in [0.25, 0.3) is 11.6 Å². The fraction of sp³-hybridized carbons (Fsp3) is 0.636. The zero-order valence-corrected chi connectivity index (χ0v) is 19.1. The molecule has 9 heteroatoms. The number of piperidine rings is 1. The summed E-state index contributed by atoms with van der Waals surface area (Å²) in [7, 11) is 0. The van der Waals surface area contributed by atoms with Gasteiger partial charge in [0.05, 0.1) is 4.92 Å². The van der Waals surface area contributed by atoms with Gasteiger partial charge in [-0.3, -0.25) is 14.9 Å². The van der Waals surface area contributed by atoms with Gasteiger partial charge < -0.3 is 19.9 Å². The Kier molecular flexibility index (Phi) is 8.24. The van der Waals surface area contributed by atoms with Crippen molar-refractivity contribution in [2.75, 3.05) is 38.0 Å². The third-order valence-corrected chi connectivity index (χ3v) is 5.34. The molecule has 0 unspecified atom stereocenters. The Bertz CT molecular complexity index is 794. The summed E-state index contributed by atoms with van der Waals surface area (Å²) >= 11 is 0. The maximum Gasteiger partial charge on any atom is 0.410 e. The minimum absolute atomic E-state index is 0.107. The first-order valence-electron chi connectivity index (χ1n) is 10.8. The Morgan fingerprint density at radius 3 is 2.35 bits per heavy atom. The maximum atomic E-state index is 12.5. The molecule has 1 aliphatic rings. The molecule has 0 spiro atoms. The summed E-state index contributed by atoms with van der Waals surface area (Å²) in [6.45, 7) is 12.1. The second kappa shape index (κ2) is 10.5. The van der Waals surface area contributed by atoms with Crippen LogP contribution >= 0.6 is 0 Å². The van der Waals surface area contributed by atoms with Gasteiger partial charge in [-0.2, -0.15) is 0 Å². The highest BCUT2D eigenvalue weighted by Gasteiger charge is 2.27. The number of benzene rings is 1. The zero-order chi connectivity index (χ0) is 23.2. The van der Waals surface area contributed by atoms with E-state index in [1.807, 2.05) is 34.6 Å². The number of nitro benzene ring substituents is 1. The predicted octanol–water partition coefficient (Wildman–Crippen LogP) is 4.14. The molecule has 0 saturated carbocycles. The van der Waals surface area contributed by atoms with Gasteiger partial charge in [-0.1, -0.05) is 0 Å². The molecule has 1 heterocycles. The molecule has 31 heavy (non-hydrogen) atoms. The van der Waals surface area contributed by atoms with E-state index in [0.29, 0.717) is 44.0 Å². The minimum atomic E-state index is -0.521. The monoisotopic (exact) mass is 434 g/mol. The fourth-order valence-corrected chi connectivity index (χ4v) is 3.56. The molecule has 1 aromatic rings. The number of carbonyl (C=O) groups is 2. The van der Waals surface area contributed by atoms with Crippen LogP contribution in [0.1, 0.15) is 57.8 Å². The van der Waals surface area contributed by atoms with E-state index in [4.69, 9.17) is 4.74 Å². The minimum Gasteiger partial charge on any atom is -0.444 e. The third-order valence-electron chi connectivity index (χ3n) is 5.34. The van der Waals surface area contributed by atoms with Crippen LogP contribution in [-0.2, 0) is 4.74 Å². The van der Waals surface area contributed by atoms with Crippen molar-refractivity contribution in [2.45, 2.75) is 53.1 Å². The van der Waals surface area contributed by atoms with Gasteiger partial charge in [0.15, 0.2) is 0 Å².